The third-order valence-corrected chi connectivity index (χ3v) is 4.45. The van der Waals surface area contributed by atoms with Gasteiger partial charge in [-0.05, 0) is 19.4 Å². The molecule has 1 aromatic carbocycles. The van der Waals surface area contributed by atoms with Crippen molar-refractivity contribution in [2.45, 2.75) is 25.3 Å². The number of hydrogen-bond acceptors (Lipinski definition) is 5. The molecule has 0 bridgehead atoms. The molecular formula is C18H23N3O3. The van der Waals surface area contributed by atoms with E-state index < -0.39 is 0 Å². The summed E-state index contributed by atoms with van der Waals surface area (Å²) < 4.78 is 5.25. The lowest BCUT2D eigenvalue weighted by Gasteiger charge is -2.34. The van der Waals surface area contributed by atoms with Crippen molar-refractivity contribution in [3.8, 4) is 11.3 Å². The van der Waals surface area contributed by atoms with Crippen LogP contribution in [-0.4, -0.2) is 53.4 Å². The topological polar surface area (TPSA) is 78.6 Å². The molecule has 0 saturated carbocycles. The van der Waals surface area contributed by atoms with E-state index in [0.29, 0.717) is 12.3 Å². The van der Waals surface area contributed by atoms with Crippen LogP contribution in [0.25, 0.3) is 11.3 Å². The highest BCUT2D eigenvalue weighted by molar-refractivity contribution is 5.93. The van der Waals surface area contributed by atoms with E-state index in [2.05, 4.69) is 15.4 Å². The molecule has 1 aromatic heterocycles. The first kappa shape index (κ1) is 16.7. The van der Waals surface area contributed by atoms with Gasteiger partial charge in [-0.2, -0.15) is 0 Å². The predicted molar refractivity (Wildman–Crippen MR) is 90.6 cm³/mol. The number of carbonyl (C=O) groups excluding carboxylic acids is 1. The summed E-state index contributed by atoms with van der Waals surface area (Å²) in [5.74, 6) is 0.343. The van der Waals surface area contributed by atoms with Crippen LogP contribution in [0.3, 0.4) is 0 Å². The van der Waals surface area contributed by atoms with Crippen LogP contribution in [0.1, 0.15) is 29.8 Å². The Bertz CT molecular complexity index is 657. The quantitative estimate of drug-likeness (QED) is 0.846. The molecule has 2 N–H and O–H groups in total. The number of aliphatic hydroxyl groups is 1. The molecule has 1 aliphatic rings. The summed E-state index contributed by atoms with van der Waals surface area (Å²) in [5.41, 5.74) is 1.18. The van der Waals surface area contributed by atoms with Crippen molar-refractivity contribution in [2.75, 3.05) is 26.2 Å². The minimum Gasteiger partial charge on any atom is -0.395 e. The van der Waals surface area contributed by atoms with Crippen molar-refractivity contribution in [2.24, 2.45) is 0 Å². The number of likely N-dealkylation sites (tertiary alicyclic amines) is 1. The fourth-order valence-electron chi connectivity index (χ4n) is 3.09. The average Bonchev–Trinajstić information content (AvgIpc) is 3.13. The molecule has 0 spiro atoms. The Morgan fingerprint density at radius 2 is 2.17 bits per heavy atom. The van der Waals surface area contributed by atoms with Crippen molar-refractivity contribution in [1.29, 1.82) is 0 Å². The second-order valence-corrected chi connectivity index (χ2v) is 6.07. The van der Waals surface area contributed by atoms with E-state index >= 15 is 0 Å². The highest BCUT2D eigenvalue weighted by Gasteiger charge is 2.21. The zero-order valence-electron chi connectivity index (χ0n) is 13.6. The first-order valence-corrected chi connectivity index (χ1v) is 8.43. The molecule has 1 amide bonds. The second kappa shape index (κ2) is 8.08. The molecular weight excluding hydrogens is 306 g/mol. The van der Waals surface area contributed by atoms with Gasteiger partial charge < -0.3 is 14.9 Å². The van der Waals surface area contributed by atoms with Crippen molar-refractivity contribution in [3.63, 3.8) is 0 Å². The highest BCUT2D eigenvalue weighted by atomic mass is 16.5. The van der Waals surface area contributed by atoms with Crippen LogP contribution in [-0.2, 0) is 0 Å². The Hall–Kier alpha value is -2.18. The molecule has 24 heavy (non-hydrogen) atoms. The fourth-order valence-corrected chi connectivity index (χ4v) is 3.09. The van der Waals surface area contributed by atoms with Crippen LogP contribution in [0, 0.1) is 0 Å². The third kappa shape index (κ3) is 4.01. The number of hydrogen-bond donors (Lipinski definition) is 2. The van der Waals surface area contributed by atoms with E-state index in [9.17, 15) is 9.90 Å². The van der Waals surface area contributed by atoms with Gasteiger partial charge in [-0.15, -0.1) is 0 Å². The van der Waals surface area contributed by atoms with Gasteiger partial charge in [-0.25, -0.2) is 0 Å². The van der Waals surface area contributed by atoms with Gasteiger partial charge in [0.1, 0.15) is 0 Å². The van der Waals surface area contributed by atoms with E-state index in [0.717, 1.165) is 37.9 Å². The molecule has 1 aliphatic heterocycles. The van der Waals surface area contributed by atoms with Gasteiger partial charge in [0.2, 0.25) is 0 Å². The summed E-state index contributed by atoms with van der Waals surface area (Å²) in [5, 5.41) is 16.1. The van der Waals surface area contributed by atoms with Crippen LogP contribution >= 0.6 is 0 Å². The average molecular weight is 329 g/mol. The van der Waals surface area contributed by atoms with E-state index in [4.69, 9.17) is 4.52 Å². The Morgan fingerprint density at radius 3 is 2.96 bits per heavy atom. The fraction of sp³-hybridized carbons (Fsp3) is 0.444. The SMILES string of the molecule is O=C(NCCN1CCCC[C@@H]1CO)c1cc(-c2ccccc2)on1. The van der Waals surface area contributed by atoms with Crippen LogP contribution in [0.4, 0.5) is 0 Å². The standard InChI is InChI=1S/C18H23N3O3/c22-13-15-8-4-5-10-21(15)11-9-19-18(23)16-12-17(24-20-16)14-6-2-1-3-7-14/h1-3,6-7,12,15,22H,4-5,8-11,13H2,(H,19,23)/t15-/m1/s1. The molecule has 0 unspecified atom stereocenters. The molecule has 0 radical (unpaired) electrons. The largest absolute Gasteiger partial charge is 0.395 e. The van der Waals surface area contributed by atoms with Crippen molar-refractivity contribution >= 4 is 5.91 Å². The summed E-state index contributed by atoms with van der Waals surface area (Å²) in [6, 6.07) is 11.4. The maximum Gasteiger partial charge on any atom is 0.273 e. The highest BCUT2D eigenvalue weighted by Crippen LogP contribution is 2.19. The number of piperidine rings is 1. The predicted octanol–water partition coefficient (Wildman–Crippen LogP) is 1.92. The molecule has 3 rings (SSSR count). The third-order valence-electron chi connectivity index (χ3n) is 4.45. The maximum absolute atomic E-state index is 12.2. The van der Waals surface area contributed by atoms with Gasteiger partial charge in [0.15, 0.2) is 11.5 Å². The Labute approximate surface area is 141 Å². The smallest absolute Gasteiger partial charge is 0.273 e. The van der Waals surface area contributed by atoms with E-state index in [-0.39, 0.29) is 24.2 Å². The molecule has 2 heterocycles. The molecule has 1 atom stereocenters. The number of nitrogens with zero attached hydrogens (tertiary/aromatic N) is 2. The summed E-state index contributed by atoms with van der Waals surface area (Å²) >= 11 is 0. The Kier molecular flexibility index (Phi) is 5.61. The van der Waals surface area contributed by atoms with Crippen LogP contribution in [0.15, 0.2) is 40.9 Å². The van der Waals surface area contributed by atoms with Crippen LogP contribution in [0.5, 0.6) is 0 Å². The van der Waals surface area contributed by atoms with Gasteiger partial charge in [-0.3, -0.25) is 9.69 Å². The van der Waals surface area contributed by atoms with Gasteiger partial charge in [0.05, 0.1) is 6.61 Å². The normalized spacial score (nSPS) is 18.5. The monoisotopic (exact) mass is 329 g/mol. The van der Waals surface area contributed by atoms with Crippen LogP contribution in [0.2, 0.25) is 0 Å². The molecule has 0 aliphatic carbocycles. The molecule has 1 saturated heterocycles. The summed E-state index contributed by atoms with van der Waals surface area (Å²) in [7, 11) is 0. The number of benzene rings is 1. The maximum atomic E-state index is 12.2. The van der Waals surface area contributed by atoms with Gasteiger partial charge >= 0.3 is 0 Å². The number of rotatable bonds is 6. The molecule has 2 aromatic rings. The minimum atomic E-state index is -0.238. The lowest BCUT2D eigenvalue weighted by atomic mass is 10.0. The number of nitrogens with one attached hydrogen (secondary N) is 1. The molecule has 6 nitrogen and oxygen atoms in total. The number of aliphatic hydroxyl groups excluding tert-OH is 1. The number of carbonyl (C=O) groups is 1. The summed E-state index contributed by atoms with van der Waals surface area (Å²) in [6.07, 6.45) is 3.33. The van der Waals surface area contributed by atoms with E-state index in [1.165, 1.54) is 0 Å². The van der Waals surface area contributed by atoms with Crippen molar-refractivity contribution in [3.05, 3.63) is 42.1 Å². The second-order valence-electron chi connectivity index (χ2n) is 6.07. The van der Waals surface area contributed by atoms with Gasteiger partial charge in [0.25, 0.3) is 5.91 Å². The Balaban J connectivity index is 1.51. The first-order chi connectivity index (χ1) is 11.8. The Morgan fingerprint density at radius 1 is 1.33 bits per heavy atom. The minimum absolute atomic E-state index is 0.178. The van der Waals surface area contributed by atoms with Gasteiger partial charge in [0, 0.05) is 30.8 Å². The van der Waals surface area contributed by atoms with E-state index in [1.54, 1.807) is 6.07 Å². The molecule has 128 valence electrons. The van der Waals surface area contributed by atoms with E-state index in [1.807, 2.05) is 30.3 Å². The first-order valence-electron chi connectivity index (χ1n) is 8.43. The summed E-state index contributed by atoms with van der Waals surface area (Å²) in [6.45, 7) is 2.42. The van der Waals surface area contributed by atoms with Crippen molar-refractivity contribution in [1.82, 2.24) is 15.4 Å². The van der Waals surface area contributed by atoms with Gasteiger partial charge in [-0.1, -0.05) is 41.9 Å². The zero-order valence-corrected chi connectivity index (χ0v) is 13.6. The number of amides is 1. The zero-order chi connectivity index (χ0) is 16.8. The number of aromatic nitrogens is 1. The lowest BCUT2D eigenvalue weighted by Crippen LogP contribution is -2.45. The molecule has 1 fully saturated rings. The summed E-state index contributed by atoms with van der Waals surface area (Å²) in [4.78, 5) is 14.4. The van der Waals surface area contributed by atoms with Crippen LogP contribution < -0.4 is 5.32 Å². The molecule has 6 heteroatoms. The van der Waals surface area contributed by atoms with Crippen molar-refractivity contribution < 1.29 is 14.4 Å². The lowest BCUT2D eigenvalue weighted by molar-refractivity contribution is 0.0845.